The molecule has 1 aliphatic rings. The molecule has 4 nitrogen and oxygen atoms in total. The highest BCUT2D eigenvalue weighted by atomic mass is 35.5. The second-order valence-electron chi connectivity index (χ2n) is 5.39. The number of hydrogen-bond acceptors (Lipinski definition) is 3. The first-order valence-corrected chi connectivity index (χ1v) is 7.34. The molecule has 1 saturated heterocycles. The first-order chi connectivity index (χ1) is 9.47. The van der Waals surface area contributed by atoms with Gasteiger partial charge in [-0.15, -0.1) is 0 Å². The van der Waals surface area contributed by atoms with E-state index in [0.29, 0.717) is 5.02 Å². The fourth-order valence-corrected chi connectivity index (χ4v) is 2.58. The normalized spacial score (nSPS) is 18.8. The number of amides is 1. The molecule has 1 aliphatic heterocycles. The Kier molecular flexibility index (Phi) is 5.02. The summed E-state index contributed by atoms with van der Waals surface area (Å²) in [5, 5.41) is 13.1. The van der Waals surface area contributed by atoms with E-state index >= 15 is 0 Å². The standard InChI is InChI=1S/C15H21ClN2O2/c1-10-3-4-12(16)9-14(10)17-15(20)11(2)18-7-5-13(19)6-8-18/h3-4,9,11,13,19H,5-8H2,1-2H3,(H,17,20)/t11-/m0/s1. The molecule has 0 saturated carbocycles. The van der Waals surface area contributed by atoms with Crippen molar-refractivity contribution in [1.82, 2.24) is 4.90 Å². The zero-order valence-electron chi connectivity index (χ0n) is 11.9. The summed E-state index contributed by atoms with van der Waals surface area (Å²) in [7, 11) is 0. The van der Waals surface area contributed by atoms with Crippen molar-refractivity contribution >= 4 is 23.2 Å². The molecule has 1 aromatic carbocycles. The molecule has 1 fully saturated rings. The number of carbonyl (C=O) groups is 1. The second-order valence-corrected chi connectivity index (χ2v) is 5.83. The Bertz CT molecular complexity index is 485. The highest BCUT2D eigenvalue weighted by Crippen LogP contribution is 2.21. The number of rotatable bonds is 3. The van der Waals surface area contributed by atoms with E-state index in [9.17, 15) is 9.90 Å². The fraction of sp³-hybridized carbons (Fsp3) is 0.533. The third-order valence-electron chi connectivity index (χ3n) is 3.88. The number of anilines is 1. The molecule has 0 radical (unpaired) electrons. The van der Waals surface area contributed by atoms with Crippen LogP contribution in [0.2, 0.25) is 5.02 Å². The average Bonchev–Trinajstić information content (AvgIpc) is 2.43. The van der Waals surface area contributed by atoms with Gasteiger partial charge in [0.15, 0.2) is 0 Å². The molecular weight excluding hydrogens is 276 g/mol. The molecule has 0 aromatic heterocycles. The van der Waals surface area contributed by atoms with E-state index in [2.05, 4.69) is 10.2 Å². The molecular formula is C15H21ClN2O2. The molecule has 2 rings (SSSR count). The van der Waals surface area contributed by atoms with Crippen LogP contribution in [0.25, 0.3) is 0 Å². The first-order valence-electron chi connectivity index (χ1n) is 6.96. The zero-order chi connectivity index (χ0) is 14.7. The molecule has 0 unspecified atom stereocenters. The van der Waals surface area contributed by atoms with E-state index < -0.39 is 0 Å². The van der Waals surface area contributed by atoms with Crippen LogP contribution in [0, 0.1) is 6.92 Å². The molecule has 1 amide bonds. The molecule has 20 heavy (non-hydrogen) atoms. The van der Waals surface area contributed by atoms with Gasteiger partial charge in [0.05, 0.1) is 12.1 Å². The summed E-state index contributed by atoms with van der Waals surface area (Å²) in [5.74, 6) is -0.0354. The van der Waals surface area contributed by atoms with Crippen LogP contribution in [0.3, 0.4) is 0 Å². The van der Waals surface area contributed by atoms with Crippen molar-refractivity contribution < 1.29 is 9.90 Å². The topological polar surface area (TPSA) is 52.6 Å². The quantitative estimate of drug-likeness (QED) is 0.901. The zero-order valence-corrected chi connectivity index (χ0v) is 12.7. The summed E-state index contributed by atoms with van der Waals surface area (Å²) in [6, 6.07) is 5.25. The van der Waals surface area contributed by atoms with Crippen molar-refractivity contribution in [1.29, 1.82) is 0 Å². The van der Waals surface area contributed by atoms with Gasteiger partial charge in [0.2, 0.25) is 5.91 Å². The van der Waals surface area contributed by atoms with Crippen molar-refractivity contribution in [2.75, 3.05) is 18.4 Å². The molecule has 0 bridgehead atoms. The third kappa shape index (κ3) is 3.72. The van der Waals surface area contributed by atoms with Crippen molar-refractivity contribution in [3.8, 4) is 0 Å². The number of aryl methyl sites for hydroxylation is 1. The smallest absolute Gasteiger partial charge is 0.241 e. The fourth-order valence-electron chi connectivity index (χ4n) is 2.41. The summed E-state index contributed by atoms with van der Waals surface area (Å²) in [6.07, 6.45) is 1.23. The van der Waals surface area contributed by atoms with E-state index in [-0.39, 0.29) is 18.1 Å². The summed E-state index contributed by atoms with van der Waals surface area (Å²) >= 11 is 5.96. The van der Waals surface area contributed by atoms with Crippen molar-refractivity contribution in [3.05, 3.63) is 28.8 Å². The molecule has 1 atom stereocenters. The van der Waals surface area contributed by atoms with Crippen LogP contribution in [0.4, 0.5) is 5.69 Å². The number of nitrogens with zero attached hydrogens (tertiary/aromatic N) is 1. The van der Waals surface area contributed by atoms with Crippen LogP contribution in [-0.4, -0.2) is 41.1 Å². The van der Waals surface area contributed by atoms with Crippen LogP contribution in [0.15, 0.2) is 18.2 Å². The van der Waals surface area contributed by atoms with Gasteiger partial charge in [-0.25, -0.2) is 0 Å². The number of benzene rings is 1. The maximum atomic E-state index is 12.3. The minimum absolute atomic E-state index is 0.0354. The Morgan fingerprint density at radius 2 is 2.10 bits per heavy atom. The highest BCUT2D eigenvalue weighted by molar-refractivity contribution is 6.31. The van der Waals surface area contributed by atoms with E-state index in [4.69, 9.17) is 11.6 Å². The highest BCUT2D eigenvalue weighted by Gasteiger charge is 2.25. The first kappa shape index (κ1) is 15.3. The lowest BCUT2D eigenvalue weighted by Crippen LogP contribution is -2.47. The second kappa shape index (κ2) is 6.57. The van der Waals surface area contributed by atoms with Gasteiger partial charge in [0, 0.05) is 23.8 Å². The Morgan fingerprint density at radius 1 is 1.45 bits per heavy atom. The summed E-state index contributed by atoms with van der Waals surface area (Å²) in [5.41, 5.74) is 1.75. The van der Waals surface area contributed by atoms with E-state index in [1.54, 1.807) is 6.07 Å². The summed E-state index contributed by atoms with van der Waals surface area (Å²) < 4.78 is 0. The van der Waals surface area contributed by atoms with Crippen molar-refractivity contribution in [3.63, 3.8) is 0 Å². The molecule has 0 aliphatic carbocycles. The van der Waals surface area contributed by atoms with Gasteiger partial charge < -0.3 is 10.4 Å². The van der Waals surface area contributed by atoms with Gasteiger partial charge >= 0.3 is 0 Å². The number of nitrogens with one attached hydrogen (secondary N) is 1. The average molecular weight is 297 g/mol. The lowest BCUT2D eigenvalue weighted by Gasteiger charge is -2.33. The molecule has 0 spiro atoms. The largest absolute Gasteiger partial charge is 0.393 e. The number of carbonyl (C=O) groups excluding carboxylic acids is 1. The molecule has 1 aromatic rings. The van der Waals surface area contributed by atoms with Crippen LogP contribution >= 0.6 is 11.6 Å². The van der Waals surface area contributed by atoms with Crippen LogP contribution in [0.5, 0.6) is 0 Å². The van der Waals surface area contributed by atoms with Gasteiger partial charge in [0.25, 0.3) is 0 Å². The Hall–Kier alpha value is -1.10. The number of likely N-dealkylation sites (tertiary alicyclic amines) is 1. The van der Waals surface area contributed by atoms with Crippen molar-refractivity contribution in [2.24, 2.45) is 0 Å². The molecule has 110 valence electrons. The SMILES string of the molecule is Cc1ccc(Cl)cc1NC(=O)[C@H](C)N1CCC(O)CC1. The number of piperidine rings is 1. The molecule has 1 heterocycles. The van der Waals surface area contributed by atoms with Crippen molar-refractivity contribution in [2.45, 2.75) is 38.8 Å². The van der Waals surface area contributed by atoms with Crippen LogP contribution in [-0.2, 0) is 4.79 Å². The minimum atomic E-state index is -0.225. The predicted octanol–water partition coefficient (Wildman–Crippen LogP) is 2.43. The van der Waals surface area contributed by atoms with E-state index in [0.717, 1.165) is 37.2 Å². The number of hydrogen-bond donors (Lipinski definition) is 2. The van der Waals surface area contributed by atoms with Gasteiger partial charge in [-0.3, -0.25) is 9.69 Å². The van der Waals surface area contributed by atoms with Gasteiger partial charge in [0.1, 0.15) is 0 Å². The van der Waals surface area contributed by atoms with E-state index in [1.165, 1.54) is 0 Å². The number of aliphatic hydroxyl groups excluding tert-OH is 1. The van der Waals surface area contributed by atoms with Gasteiger partial charge in [-0.05, 0) is 44.4 Å². The maximum Gasteiger partial charge on any atom is 0.241 e. The predicted molar refractivity (Wildman–Crippen MR) is 81.1 cm³/mol. The maximum absolute atomic E-state index is 12.3. The lowest BCUT2D eigenvalue weighted by atomic mass is 10.1. The Labute approximate surface area is 124 Å². The summed E-state index contributed by atoms with van der Waals surface area (Å²) in [6.45, 7) is 5.34. The number of aliphatic hydroxyl groups is 1. The number of halogens is 1. The van der Waals surface area contributed by atoms with Gasteiger partial charge in [-0.1, -0.05) is 17.7 Å². The summed E-state index contributed by atoms with van der Waals surface area (Å²) in [4.78, 5) is 14.4. The molecule has 2 N–H and O–H groups in total. The Morgan fingerprint density at radius 3 is 2.75 bits per heavy atom. The Balaban J connectivity index is 1.99. The van der Waals surface area contributed by atoms with E-state index in [1.807, 2.05) is 26.0 Å². The minimum Gasteiger partial charge on any atom is -0.393 e. The van der Waals surface area contributed by atoms with Crippen LogP contribution < -0.4 is 5.32 Å². The monoisotopic (exact) mass is 296 g/mol. The molecule has 5 heteroatoms. The van der Waals surface area contributed by atoms with Crippen LogP contribution in [0.1, 0.15) is 25.3 Å². The lowest BCUT2D eigenvalue weighted by molar-refractivity contribution is -0.121. The van der Waals surface area contributed by atoms with Gasteiger partial charge in [-0.2, -0.15) is 0 Å². The third-order valence-corrected chi connectivity index (χ3v) is 4.12.